The van der Waals surface area contributed by atoms with Crippen LogP contribution in [0.25, 0.3) is 0 Å². The number of rotatable bonds is 6. The number of allylic oxidation sites excluding steroid dienone is 2. The van der Waals surface area contributed by atoms with Gasteiger partial charge < -0.3 is 20.5 Å². The van der Waals surface area contributed by atoms with E-state index < -0.39 is 11.5 Å². The Bertz CT molecular complexity index is 863. The average Bonchev–Trinajstić information content (AvgIpc) is 3.31. The third-order valence-electron chi connectivity index (χ3n) is 7.09. The van der Waals surface area contributed by atoms with Gasteiger partial charge in [-0.1, -0.05) is 55.3 Å². The van der Waals surface area contributed by atoms with Crippen LogP contribution < -0.4 is 10.6 Å². The van der Waals surface area contributed by atoms with Gasteiger partial charge in [-0.25, -0.2) is 0 Å². The Kier molecular flexibility index (Phi) is 10.3. The van der Waals surface area contributed by atoms with Gasteiger partial charge in [0.25, 0.3) is 0 Å². The molecule has 0 aromatic heterocycles. The molecule has 3 atom stereocenters. The maximum absolute atomic E-state index is 13.3. The molecule has 3 rings (SSSR count). The van der Waals surface area contributed by atoms with Crippen molar-refractivity contribution in [3.05, 3.63) is 48.0 Å². The van der Waals surface area contributed by atoms with Crippen molar-refractivity contribution in [1.29, 1.82) is 0 Å². The zero-order valence-corrected chi connectivity index (χ0v) is 20.8. The second kappa shape index (κ2) is 13.4. The maximum atomic E-state index is 13.3. The van der Waals surface area contributed by atoms with E-state index >= 15 is 0 Å². The summed E-state index contributed by atoms with van der Waals surface area (Å²) in [6, 6.07) is 9.65. The van der Waals surface area contributed by atoms with E-state index in [2.05, 4.69) is 10.6 Å². The van der Waals surface area contributed by atoms with Crippen LogP contribution in [0.4, 0.5) is 0 Å². The summed E-state index contributed by atoms with van der Waals surface area (Å²) in [5.74, 6) is -1.37. The van der Waals surface area contributed by atoms with E-state index in [4.69, 9.17) is 4.74 Å². The topological polar surface area (TPSA) is 105 Å². The van der Waals surface area contributed by atoms with Crippen LogP contribution >= 0.6 is 0 Å². The Morgan fingerprint density at radius 2 is 1.89 bits per heavy atom. The molecule has 1 aliphatic carbocycles. The summed E-state index contributed by atoms with van der Waals surface area (Å²) in [5.41, 5.74) is 0.539. The zero-order valence-electron chi connectivity index (χ0n) is 20.8. The van der Waals surface area contributed by atoms with Crippen LogP contribution in [-0.4, -0.2) is 47.7 Å². The van der Waals surface area contributed by atoms with Gasteiger partial charge in [-0.15, -0.1) is 0 Å². The number of nitrogens with one attached hydrogen (secondary N) is 2. The fraction of sp³-hybridized carbons (Fsp3) is 0.607. The van der Waals surface area contributed by atoms with Crippen LogP contribution in [0.5, 0.6) is 0 Å². The third kappa shape index (κ3) is 8.49. The summed E-state index contributed by atoms with van der Waals surface area (Å²) < 4.78 is 5.86. The molecule has 0 unspecified atom stereocenters. The molecule has 2 amide bonds. The first-order valence-electron chi connectivity index (χ1n) is 13.0. The Hall–Kier alpha value is -2.67. The fourth-order valence-electron chi connectivity index (χ4n) is 5.00. The molecule has 1 aromatic carbocycles. The van der Waals surface area contributed by atoms with Gasteiger partial charge in [0.1, 0.15) is 6.61 Å². The summed E-state index contributed by atoms with van der Waals surface area (Å²) in [4.78, 5) is 38.9. The smallest absolute Gasteiger partial charge is 0.309 e. The van der Waals surface area contributed by atoms with Gasteiger partial charge in [-0.3, -0.25) is 14.4 Å². The average molecular weight is 485 g/mol. The van der Waals surface area contributed by atoms with Crippen LogP contribution in [0, 0.1) is 11.8 Å². The molecule has 1 saturated carbocycles. The summed E-state index contributed by atoms with van der Waals surface area (Å²) >= 11 is 0. The molecule has 192 valence electrons. The number of cyclic esters (lactones) is 1. The molecule has 35 heavy (non-hydrogen) atoms. The number of aliphatic hydroxyl groups is 1. The standard InChI is InChI=1S/C28H40N2O5/c1-21(19-31)29-25(32)18-23-13-7-2-3-8-14-24(17-22-11-5-4-6-12-22)27(34)35-20-28(30-26(23)33)15-9-10-16-28/h2,4-7,11-12,21,23-24,31H,3,8-10,13-20H2,1H3,(H,29,32)(H,30,33)/t21-,23-,24-/m1/s1. The van der Waals surface area contributed by atoms with Crippen LogP contribution in [0.15, 0.2) is 42.5 Å². The minimum absolute atomic E-state index is 0.0511. The van der Waals surface area contributed by atoms with E-state index in [1.165, 1.54) is 0 Å². The van der Waals surface area contributed by atoms with Crippen molar-refractivity contribution in [3.63, 3.8) is 0 Å². The minimum Gasteiger partial charge on any atom is -0.463 e. The van der Waals surface area contributed by atoms with Crippen molar-refractivity contribution in [2.24, 2.45) is 11.8 Å². The number of esters is 1. The lowest BCUT2D eigenvalue weighted by molar-refractivity contribution is -0.152. The van der Waals surface area contributed by atoms with Gasteiger partial charge in [-0.2, -0.15) is 0 Å². The second-order valence-electron chi connectivity index (χ2n) is 10.2. The Morgan fingerprint density at radius 1 is 1.14 bits per heavy atom. The first-order valence-corrected chi connectivity index (χ1v) is 13.0. The summed E-state index contributed by atoms with van der Waals surface area (Å²) in [6.07, 6.45) is 11.0. The number of benzene rings is 1. The molecule has 1 fully saturated rings. The number of carbonyl (C=O) groups excluding carboxylic acids is 3. The lowest BCUT2D eigenvalue weighted by atomic mass is 9.92. The molecule has 1 spiro atoms. The lowest BCUT2D eigenvalue weighted by Crippen LogP contribution is -2.52. The largest absolute Gasteiger partial charge is 0.463 e. The molecule has 2 aliphatic rings. The van der Waals surface area contributed by atoms with Crippen LogP contribution in [0.2, 0.25) is 0 Å². The van der Waals surface area contributed by atoms with Gasteiger partial charge in [0.15, 0.2) is 0 Å². The molecule has 7 nitrogen and oxygen atoms in total. The quantitative estimate of drug-likeness (QED) is 0.424. The highest BCUT2D eigenvalue weighted by Crippen LogP contribution is 2.31. The number of amides is 2. The first kappa shape index (κ1) is 26.9. The molecular weight excluding hydrogens is 444 g/mol. The maximum Gasteiger partial charge on any atom is 0.309 e. The Morgan fingerprint density at radius 3 is 2.60 bits per heavy atom. The first-order chi connectivity index (χ1) is 16.9. The highest BCUT2D eigenvalue weighted by molar-refractivity contribution is 5.86. The molecule has 0 radical (unpaired) electrons. The van der Waals surface area contributed by atoms with E-state index in [9.17, 15) is 19.5 Å². The molecular formula is C28H40N2O5. The van der Waals surface area contributed by atoms with Gasteiger partial charge in [0.05, 0.1) is 24.0 Å². The number of ether oxygens (including phenoxy) is 1. The van der Waals surface area contributed by atoms with Crippen molar-refractivity contribution < 1.29 is 24.2 Å². The lowest BCUT2D eigenvalue weighted by Gasteiger charge is -2.32. The molecule has 1 heterocycles. The fourth-order valence-corrected chi connectivity index (χ4v) is 5.00. The van der Waals surface area contributed by atoms with Crippen molar-refractivity contribution in [3.8, 4) is 0 Å². The van der Waals surface area contributed by atoms with Crippen molar-refractivity contribution in [2.45, 2.75) is 82.7 Å². The van der Waals surface area contributed by atoms with E-state index in [0.717, 1.165) is 50.5 Å². The minimum atomic E-state index is -0.578. The molecule has 0 bridgehead atoms. The number of carbonyl (C=O) groups is 3. The van der Waals surface area contributed by atoms with Gasteiger partial charge in [-0.05, 0) is 57.4 Å². The third-order valence-corrected chi connectivity index (χ3v) is 7.09. The summed E-state index contributed by atoms with van der Waals surface area (Å²) in [6.45, 7) is 1.74. The summed E-state index contributed by atoms with van der Waals surface area (Å²) in [5, 5.41) is 15.1. The second-order valence-corrected chi connectivity index (χ2v) is 10.2. The molecule has 3 N–H and O–H groups in total. The van der Waals surface area contributed by atoms with E-state index in [1.54, 1.807) is 6.92 Å². The highest BCUT2D eigenvalue weighted by Gasteiger charge is 2.39. The van der Waals surface area contributed by atoms with E-state index in [-0.39, 0.29) is 49.4 Å². The molecule has 1 aromatic rings. The molecule has 7 heteroatoms. The van der Waals surface area contributed by atoms with Gasteiger partial charge >= 0.3 is 5.97 Å². The highest BCUT2D eigenvalue weighted by atomic mass is 16.5. The van der Waals surface area contributed by atoms with E-state index in [1.807, 2.05) is 42.5 Å². The predicted molar refractivity (Wildman–Crippen MR) is 134 cm³/mol. The van der Waals surface area contributed by atoms with Crippen molar-refractivity contribution in [2.75, 3.05) is 13.2 Å². The van der Waals surface area contributed by atoms with Crippen molar-refractivity contribution in [1.82, 2.24) is 10.6 Å². The van der Waals surface area contributed by atoms with Crippen LogP contribution in [0.1, 0.15) is 70.3 Å². The van der Waals surface area contributed by atoms with E-state index in [0.29, 0.717) is 12.8 Å². The Labute approximate surface area is 208 Å². The van der Waals surface area contributed by atoms with Crippen LogP contribution in [-0.2, 0) is 25.5 Å². The zero-order chi connectivity index (χ0) is 25.1. The van der Waals surface area contributed by atoms with Crippen LogP contribution in [0.3, 0.4) is 0 Å². The monoisotopic (exact) mass is 484 g/mol. The number of hydrogen-bond acceptors (Lipinski definition) is 5. The molecule has 0 saturated heterocycles. The summed E-state index contributed by atoms with van der Waals surface area (Å²) in [7, 11) is 0. The SMILES string of the molecule is C[C@H](CO)NC(=O)C[C@H]1CC=CCCC[C@H](Cc2ccccc2)C(=O)OCC2(CCCC2)NC1=O. The number of aliphatic hydroxyl groups excluding tert-OH is 1. The van der Waals surface area contributed by atoms with Gasteiger partial charge in [0, 0.05) is 12.5 Å². The van der Waals surface area contributed by atoms with Crippen molar-refractivity contribution >= 4 is 17.8 Å². The normalized spacial score (nSPS) is 24.3. The number of hydrogen-bond donors (Lipinski definition) is 3. The Balaban J connectivity index is 1.74. The van der Waals surface area contributed by atoms with Gasteiger partial charge in [0.2, 0.25) is 11.8 Å². The molecule has 1 aliphatic heterocycles. The predicted octanol–water partition coefficient (Wildman–Crippen LogP) is 3.45.